The van der Waals surface area contributed by atoms with Crippen molar-refractivity contribution in [3.05, 3.63) is 23.4 Å². The molecule has 0 saturated carbocycles. The molecule has 3 nitrogen and oxygen atoms in total. The zero-order chi connectivity index (χ0) is 10.8. The number of methoxy groups -OCH3 is 1. The van der Waals surface area contributed by atoms with E-state index in [1.165, 1.54) is 11.1 Å². The topological polar surface area (TPSA) is 48.1 Å². The van der Waals surface area contributed by atoms with Crippen molar-refractivity contribution in [2.75, 3.05) is 7.11 Å². The van der Waals surface area contributed by atoms with E-state index in [2.05, 4.69) is 11.9 Å². The van der Waals surface area contributed by atoms with Crippen LogP contribution < -0.4 is 10.5 Å². The summed E-state index contributed by atoms with van der Waals surface area (Å²) in [5.74, 6) is 1.25. The molecule has 1 aromatic rings. The number of nitrogens with two attached hydrogens (primary N) is 1. The first-order valence-electron chi connectivity index (χ1n) is 5.49. The summed E-state index contributed by atoms with van der Waals surface area (Å²) >= 11 is 0. The fourth-order valence-electron chi connectivity index (χ4n) is 2.22. The van der Waals surface area contributed by atoms with E-state index in [0.29, 0.717) is 11.8 Å². The molecule has 0 unspecified atom stereocenters. The van der Waals surface area contributed by atoms with Crippen molar-refractivity contribution in [3.8, 4) is 5.88 Å². The van der Waals surface area contributed by atoms with Gasteiger partial charge in [-0.2, -0.15) is 0 Å². The quantitative estimate of drug-likeness (QED) is 0.713. The van der Waals surface area contributed by atoms with Gasteiger partial charge >= 0.3 is 0 Å². The minimum Gasteiger partial charge on any atom is -0.481 e. The fourth-order valence-corrected chi connectivity index (χ4v) is 2.22. The molecule has 15 heavy (non-hydrogen) atoms. The minimum atomic E-state index is 0.279. The maximum atomic E-state index is 6.04. The third-order valence-electron chi connectivity index (χ3n) is 3.19. The highest BCUT2D eigenvalue weighted by atomic mass is 16.5. The van der Waals surface area contributed by atoms with Crippen LogP contribution >= 0.6 is 0 Å². The van der Waals surface area contributed by atoms with Gasteiger partial charge in [-0.05, 0) is 36.3 Å². The summed E-state index contributed by atoms with van der Waals surface area (Å²) in [6.45, 7) is 2.24. The average Bonchev–Trinajstić information content (AvgIpc) is 2.38. The monoisotopic (exact) mass is 206 g/mol. The standard InChI is InChI=1S/C12H18N2O/c1-8-3-4-10(13)5-9-6-12(15-2)14-7-11(8)9/h6-8,10H,3-5,13H2,1-2H3/t8-,10+/m1/s1. The predicted molar refractivity (Wildman–Crippen MR) is 60.1 cm³/mol. The van der Waals surface area contributed by atoms with Gasteiger partial charge in [0.15, 0.2) is 0 Å². The summed E-state index contributed by atoms with van der Waals surface area (Å²) in [6, 6.07) is 2.30. The average molecular weight is 206 g/mol. The molecule has 0 aromatic carbocycles. The Balaban J connectivity index is 2.38. The lowest BCUT2D eigenvalue weighted by atomic mass is 9.96. The van der Waals surface area contributed by atoms with Gasteiger partial charge < -0.3 is 10.5 Å². The van der Waals surface area contributed by atoms with Crippen LogP contribution in [0.15, 0.2) is 12.3 Å². The van der Waals surface area contributed by atoms with Crippen LogP contribution in [0.3, 0.4) is 0 Å². The number of hydrogen-bond acceptors (Lipinski definition) is 3. The van der Waals surface area contributed by atoms with Gasteiger partial charge in [-0.25, -0.2) is 4.98 Å². The second kappa shape index (κ2) is 4.19. The molecular formula is C12H18N2O. The first kappa shape index (κ1) is 10.4. The third-order valence-corrected chi connectivity index (χ3v) is 3.19. The Kier molecular flexibility index (Phi) is 2.91. The number of nitrogens with zero attached hydrogens (tertiary/aromatic N) is 1. The number of rotatable bonds is 1. The Morgan fingerprint density at radius 2 is 2.27 bits per heavy atom. The second-order valence-electron chi connectivity index (χ2n) is 4.37. The normalized spacial score (nSPS) is 25.5. The second-order valence-corrected chi connectivity index (χ2v) is 4.37. The lowest BCUT2D eigenvalue weighted by molar-refractivity contribution is 0.396. The summed E-state index contributed by atoms with van der Waals surface area (Å²) in [5.41, 5.74) is 8.68. The van der Waals surface area contributed by atoms with Gasteiger partial charge in [0, 0.05) is 18.3 Å². The summed E-state index contributed by atoms with van der Waals surface area (Å²) in [6.07, 6.45) is 5.13. The molecule has 1 aliphatic carbocycles. The van der Waals surface area contributed by atoms with E-state index in [1.807, 2.05) is 12.3 Å². The molecule has 0 radical (unpaired) electrons. The molecule has 0 amide bonds. The highest BCUT2D eigenvalue weighted by Crippen LogP contribution is 2.30. The third kappa shape index (κ3) is 2.12. The van der Waals surface area contributed by atoms with Crippen molar-refractivity contribution >= 4 is 0 Å². The zero-order valence-electron chi connectivity index (χ0n) is 9.36. The molecule has 82 valence electrons. The number of ether oxygens (including phenoxy) is 1. The van der Waals surface area contributed by atoms with Crippen LogP contribution in [-0.2, 0) is 6.42 Å². The van der Waals surface area contributed by atoms with Gasteiger partial charge in [0.05, 0.1) is 7.11 Å². The molecule has 2 N–H and O–H groups in total. The van der Waals surface area contributed by atoms with Crippen molar-refractivity contribution in [2.24, 2.45) is 5.73 Å². The van der Waals surface area contributed by atoms with Gasteiger partial charge in [0.2, 0.25) is 5.88 Å². The molecule has 2 rings (SSSR count). The van der Waals surface area contributed by atoms with E-state index < -0.39 is 0 Å². The predicted octanol–water partition coefficient (Wildman–Crippen LogP) is 1.86. The van der Waals surface area contributed by atoms with Crippen LogP contribution in [0.2, 0.25) is 0 Å². The Morgan fingerprint density at radius 3 is 3.00 bits per heavy atom. The summed E-state index contributed by atoms with van der Waals surface area (Å²) < 4.78 is 5.14. The van der Waals surface area contributed by atoms with Crippen molar-refractivity contribution in [2.45, 2.75) is 38.1 Å². The van der Waals surface area contributed by atoms with Gasteiger partial charge in [-0.15, -0.1) is 0 Å². The van der Waals surface area contributed by atoms with Crippen LogP contribution in [0.4, 0.5) is 0 Å². The number of hydrogen-bond donors (Lipinski definition) is 1. The fraction of sp³-hybridized carbons (Fsp3) is 0.583. The maximum absolute atomic E-state index is 6.04. The van der Waals surface area contributed by atoms with E-state index in [0.717, 1.165) is 19.3 Å². The van der Waals surface area contributed by atoms with Crippen LogP contribution in [0.1, 0.15) is 36.8 Å². The molecule has 3 heteroatoms. The van der Waals surface area contributed by atoms with E-state index in [9.17, 15) is 0 Å². The molecule has 1 aliphatic rings. The Labute approximate surface area is 90.7 Å². The smallest absolute Gasteiger partial charge is 0.213 e. The van der Waals surface area contributed by atoms with Crippen LogP contribution in [-0.4, -0.2) is 18.1 Å². The first-order valence-corrected chi connectivity index (χ1v) is 5.49. The van der Waals surface area contributed by atoms with Crippen molar-refractivity contribution < 1.29 is 4.74 Å². The van der Waals surface area contributed by atoms with E-state index in [4.69, 9.17) is 10.5 Å². The lowest BCUT2D eigenvalue weighted by Gasteiger charge is -2.12. The van der Waals surface area contributed by atoms with Crippen LogP contribution in [0.5, 0.6) is 5.88 Å². The van der Waals surface area contributed by atoms with E-state index >= 15 is 0 Å². The van der Waals surface area contributed by atoms with Crippen LogP contribution in [0.25, 0.3) is 0 Å². The zero-order valence-corrected chi connectivity index (χ0v) is 9.36. The maximum Gasteiger partial charge on any atom is 0.213 e. The highest BCUT2D eigenvalue weighted by Gasteiger charge is 2.19. The largest absolute Gasteiger partial charge is 0.481 e. The Hall–Kier alpha value is -1.09. The van der Waals surface area contributed by atoms with Gasteiger partial charge in [-0.3, -0.25) is 0 Å². The van der Waals surface area contributed by atoms with Crippen molar-refractivity contribution in [3.63, 3.8) is 0 Å². The van der Waals surface area contributed by atoms with Gasteiger partial charge in [0.1, 0.15) is 0 Å². The van der Waals surface area contributed by atoms with Gasteiger partial charge in [0.25, 0.3) is 0 Å². The summed E-state index contributed by atoms with van der Waals surface area (Å²) in [4.78, 5) is 4.26. The molecule has 0 saturated heterocycles. The van der Waals surface area contributed by atoms with E-state index in [1.54, 1.807) is 7.11 Å². The Morgan fingerprint density at radius 1 is 1.47 bits per heavy atom. The SMILES string of the molecule is COc1cc2c(cn1)[C@H](C)CC[C@H](N)C2. The molecule has 2 atom stereocenters. The molecule has 0 bridgehead atoms. The van der Waals surface area contributed by atoms with Crippen molar-refractivity contribution in [1.29, 1.82) is 0 Å². The summed E-state index contributed by atoms with van der Waals surface area (Å²) in [7, 11) is 1.65. The number of aromatic nitrogens is 1. The Bertz CT molecular complexity index is 351. The lowest BCUT2D eigenvalue weighted by Crippen LogP contribution is -2.21. The van der Waals surface area contributed by atoms with E-state index in [-0.39, 0.29) is 6.04 Å². The minimum absolute atomic E-state index is 0.279. The number of pyridine rings is 1. The molecule has 0 fully saturated rings. The molecule has 0 aliphatic heterocycles. The van der Waals surface area contributed by atoms with Gasteiger partial charge in [-0.1, -0.05) is 6.92 Å². The molecule has 1 heterocycles. The van der Waals surface area contributed by atoms with Crippen molar-refractivity contribution in [1.82, 2.24) is 4.98 Å². The highest BCUT2D eigenvalue weighted by molar-refractivity contribution is 5.33. The van der Waals surface area contributed by atoms with Crippen LogP contribution in [0, 0.1) is 0 Å². The summed E-state index contributed by atoms with van der Waals surface area (Å²) in [5, 5.41) is 0. The molecule has 1 aromatic heterocycles. The number of fused-ring (bicyclic) bond motifs is 1. The molecular weight excluding hydrogens is 188 g/mol. The first-order chi connectivity index (χ1) is 7.20. The molecule has 0 spiro atoms.